The Hall–Kier alpha value is -1.71. The molecular formula is C12H8F3O. The number of hydrogen-bond donors (Lipinski definition) is 0. The first-order valence-corrected chi connectivity index (χ1v) is 4.65. The van der Waals surface area contributed by atoms with Gasteiger partial charge in [-0.25, -0.2) is 4.39 Å². The highest BCUT2D eigenvalue weighted by Gasteiger charge is 2.32. The summed E-state index contributed by atoms with van der Waals surface area (Å²) in [4.78, 5) is 0. The van der Waals surface area contributed by atoms with Gasteiger partial charge in [-0.15, -0.1) is 0 Å². The molecule has 0 unspecified atom stereocenters. The zero-order valence-corrected chi connectivity index (χ0v) is 8.21. The number of benzene rings is 2. The van der Waals surface area contributed by atoms with Crippen LogP contribution < -0.4 is 4.74 Å². The van der Waals surface area contributed by atoms with Crippen LogP contribution in [0.4, 0.5) is 13.2 Å². The van der Waals surface area contributed by atoms with Crippen molar-refractivity contribution in [3.8, 4) is 5.75 Å². The number of ether oxygens (including phenoxy) is 1. The average Bonchev–Trinajstić information content (AvgIpc) is 2.29. The highest BCUT2D eigenvalue weighted by Crippen LogP contribution is 2.29. The molecule has 0 spiro atoms. The summed E-state index contributed by atoms with van der Waals surface area (Å²) in [5, 5.41) is 1.13. The molecule has 2 aromatic carbocycles. The van der Waals surface area contributed by atoms with E-state index in [1.54, 1.807) is 24.3 Å². The Balaban J connectivity index is 2.45. The van der Waals surface area contributed by atoms with E-state index in [2.05, 4.69) is 10.8 Å². The van der Waals surface area contributed by atoms with Crippen molar-refractivity contribution in [3.05, 3.63) is 42.5 Å². The lowest BCUT2D eigenvalue weighted by Crippen LogP contribution is -2.27. The summed E-state index contributed by atoms with van der Waals surface area (Å²) in [6.45, 7) is -1.85. The molecule has 0 heterocycles. The van der Waals surface area contributed by atoms with E-state index in [1.165, 1.54) is 12.1 Å². The molecule has 0 amide bonds. The Kier molecular flexibility index (Phi) is 2.73. The van der Waals surface area contributed by atoms with Crippen LogP contribution in [0, 0.1) is 6.07 Å². The van der Waals surface area contributed by atoms with Crippen molar-refractivity contribution in [2.24, 2.45) is 0 Å². The fraction of sp³-hybridized carbons (Fsp3) is 0.167. The first-order chi connectivity index (χ1) is 7.62. The van der Waals surface area contributed by atoms with E-state index in [1.807, 2.05) is 0 Å². The first-order valence-electron chi connectivity index (χ1n) is 4.65. The molecule has 0 aliphatic heterocycles. The van der Waals surface area contributed by atoms with Gasteiger partial charge in [-0.1, -0.05) is 30.3 Å². The maximum absolute atomic E-state index is 12.8. The van der Waals surface area contributed by atoms with Crippen LogP contribution in [0.3, 0.4) is 0 Å². The number of alkyl halides is 3. The van der Waals surface area contributed by atoms with Crippen LogP contribution in [0.2, 0.25) is 0 Å². The van der Waals surface area contributed by atoms with E-state index < -0.39 is 12.8 Å². The van der Waals surface area contributed by atoms with Crippen molar-refractivity contribution in [3.63, 3.8) is 0 Å². The molecule has 0 saturated heterocycles. The lowest BCUT2D eigenvalue weighted by Gasteiger charge is -2.15. The fourth-order valence-corrected chi connectivity index (χ4v) is 1.40. The second-order valence-electron chi connectivity index (χ2n) is 3.26. The fourth-order valence-electron chi connectivity index (χ4n) is 1.40. The average molecular weight is 225 g/mol. The maximum Gasteiger partial charge on any atom is 0.427 e. The summed E-state index contributed by atoms with van der Waals surface area (Å²) in [6, 6.07) is 12.5. The highest BCUT2D eigenvalue weighted by molar-refractivity contribution is 5.87. The summed E-state index contributed by atoms with van der Waals surface area (Å²) in [5.74, 6) is -0.0444. The van der Waals surface area contributed by atoms with Gasteiger partial charge in [0.1, 0.15) is 5.75 Å². The molecular weight excluding hydrogens is 217 g/mol. The molecule has 4 heteroatoms. The number of fused-ring (bicyclic) bond motifs is 1. The van der Waals surface area contributed by atoms with E-state index in [-0.39, 0.29) is 5.75 Å². The molecule has 1 nitrogen and oxygen atoms in total. The van der Waals surface area contributed by atoms with E-state index in [0.717, 1.165) is 0 Å². The summed E-state index contributed by atoms with van der Waals surface area (Å²) >= 11 is 0. The Labute approximate surface area is 90.5 Å². The molecule has 0 N–H and O–H groups in total. The number of hydrogen-bond acceptors (Lipinski definition) is 1. The van der Waals surface area contributed by atoms with Crippen molar-refractivity contribution in [2.75, 3.05) is 6.67 Å². The van der Waals surface area contributed by atoms with Crippen molar-refractivity contribution >= 4 is 10.8 Å². The smallest absolute Gasteiger partial charge is 0.427 e. The normalized spacial score (nSPS) is 11.7. The van der Waals surface area contributed by atoms with Crippen LogP contribution in [-0.4, -0.2) is 12.8 Å². The van der Waals surface area contributed by atoms with Crippen molar-refractivity contribution < 1.29 is 17.9 Å². The Bertz CT molecular complexity index is 491. The topological polar surface area (TPSA) is 9.23 Å². The van der Waals surface area contributed by atoms with Gasteiger partial charge >= 0.3 is 6.11 Å². The molecule has 0 aliphatic rings. The van der Waals surface area contributed by atoms with Crippen LogP contribution in [0.15, 0.2) is 36.4 Å². The van der Waals surface area contributed by atoms with Gasteiger partial charge in [0.15, 0.2) is 6.67 Å². The number of rotatable bonds is 3. The lowest BCUT2D eigenvalue weighted by molar-refractivity contribution is -0.185. The molecule has 0 bridgehead atoms. The third-order valence-corrected chi connectivity index (χ3v) is 2.08. The van der Waals surface area contributed by atoms with Gasteiger partial charge in [0.05, 0.1) is 0 Å². The van der Waals surface area contributed by atoms with Gasteiger partial charge in [0, 0.05) is 5.39 Å². The van der Waals surface area contributed by atoms with Crippen LogP contribution in [-0.2, 0) is 0 Å². The molecule has 0 fully saturated rings. The minimum Gasteiger partial charge on any atom is -0.430 e. The van der Waals surface area contributed by atoms with Crippen LogP contribution in [0.1, 0.15) is 0 Å². The molecule has 0 aliphatic carbocycles. The Morgan fingerprint density at radius 1 is 1.19 bits per heavy atom. The second-order valence-corrected chi connectivity index (χ2v) is 3.26. The molecule has 2 rings (SSSR count). The largest absolute Gasteiger partial charge is 0.430 e. The van der Waals surface area contributed by atoms with Gasteiger partial charge in [-0.2, -0.15) is 8.78 Å². The lowest BCUT2D eigenvalue weighted by atomic mass is 10.1. The monoisotopic (exact) mass is 225 g/mol. The quantitative estimate of drug-likeness (QED) is 0.775. The molecule has 16 heavy (non-hydrogen) atoms. The molecule has 1 radical (unpaired) electrons. The van der Waals surface area contributed by atoms with Gasteiger partial charge in [-0.05, 0) is 17.5 Å². The molecule has 0 atom stereocenters. The van der Waals surface area contributed by atoms with Crippen molar-refractivity contribution in [1.29, 1.82) is 0 Å². The van der Waals surface area contributed by atoms with Crippen LogP contribution in [0.5, 0.6) is 5.75 Å². The van der Waals surface area contributed by atoms with Gasteiger partial charge in [-0.3, -0.25) is 0 Å². The van der Waals surface area contributed by atoms with E-state index in [9.17, 15) is 13.2 Å². The van der Waals surface area contributed by atoms with Gasteiger partial charge < -0.3 is 4.74 Å². The Morgan fingerprint density at radius 3 is 2.69 bits per heavy atom. The minimum atomic E-state index is -3.79. The SMILES string of the molecule is FCC(F)(F)Oc1cc[c]c2ccccc12. The molecule has 83 valence electrons. The molecule has 0 aromatic heterocycles. The summed E-state index contributed by atoms with van der Waals surface area (Å²) in [5.41, 5.74) is 0. The summed E-state index contributed by atoms with van der Waals surface area (Å²) < 4.78 is 41.8. The zero-order chi connectivity index (χ0) is 11.6. The van der Waals surface area contributed by atoms with Crippen molar-refractivity contribution in [2.45, 2.75) is 6.11 Å². The highest BCUT2D eigenvalue weighted by atomic mass is 19.3. The van der Waals surface area contributed by atoms with Crippen molar-refractivity contribution in [1.82, 2.24) is 0 Å². The van der Waals surface area contributed by atoms with Crippen LogP contribution in [0.25, 0.3) is 10.8 Å². The summed E-state index contributed by atoms with van der Waals surface area (Å²) in [6.07, 6.45) is -3.79. The first kappa shape index (κ1) is 10.8. The predicted molar refractivity (Wildman–Crippen MR) is 54.3 cm³/mol. The van der Waals surface area contributed by atoms with Gasteiger partial charge in [0.25, 0.3) is 0 Å². The summed E-state index contributed by atoms with van der Waals surface area (Å²) in [7, 11) is 0. The van der Waals surface area contributed by atoms with Gasteiger partial charge in [0.2, 0.25) is 0 Å². The standard InChI is InChI=1S/C12H8F3O/c13-8-12(14,15)16-11-7-3-5-9-4-1-2-6-10(9)11/h1-4,6-7H,8H2. The second kappa shape index (κ2) is 4.04. The van der Waals surface area contributed by atoms with E-state index >= 15 is 0 Å². The number of halogens is 3. The zero-order valence-electron chi connectivity index (χ0n) is 8.21. The third kappa shape index (κ3) is 2.10. The predicted octanol–water partition coefficient (Wildman–Crippen LogP) is 3.58. The minimum absolute atomic E-state index is 0.0444. The third-order valence-electron chi connectivity index (χ3n) is 2.08. The van der Waals surface area contributed by atoms with Crippen LogP contribution >= 0.6 is 0 Å². The van der Waals surface area contributed by atoms with E-state index in [0.29, 0.717) is 10.8 Å². The maximum atomic E-state index is 12.8. The van der Waals surface area contributed by atoms with E-state index in [4.69, 9.17) is 0 Å². The molecule has 2 aromatic rings. The molecule has 0 saturated carbocycles. The Morgan fingerprint density at radius 2 is 1.94 bits per heavy atom.